The van der Waals surface area contributed by atoms with Gasteiger partial charge in [-0.15, -0.1) is 0 Å². The summed E-state index contributed by atoms with van der Waals surface area (Å²) < 4.78 is 0. The maximum atomic E-state index is 11.7. The van der Waals surface area contributed by atoms with E-state index in [4.69, 9.17) is 10.8 Å². The lowest BCUT2D eigenvalue weighted by Gasteiger charge is -2.24. The third kappa shape index (κ3) is 2.87. The number of phenols is 2. The van der Waals surface area contributed by atoms with E-state index in [0.29, 0.717) is 6.54 Å². The highest BCUT2D eigenvalue weighted by atomic mass is 16.3. The fraction of sp³-hybridized carbons (Fsp3) is 0.364. The van der Waals surface area contributed by atoms with Gasteiger partial charge in [-0.05, 0) is 32.0 Å². The molecule has 0 saturated heterocycles. The van der Waals surface area contributed by atoms with Crippen LogP contribution in [0.3, 0.4) is 0 Å². The molecule has 0 unspecified atom stereocenters. The van der Waals surface area contributed by atoms with Gasteiger partial charge in [0.1, 0.15) is 0 Å². The van der Waals surface area contributed by atoms with Crippen molar-refractivity contribution in [2.24, 2.45) is 5.73 Å². The van der Waals surface area contributed by atoms with Gasteiger partial charge in [0.15, 0.2) is 11.5 Å². The van der Waals surface area contributed by atoms with Gasteiger partial charge in [0.2, 0.25) is 0 Å². The number of phenolic OH excluding ortho intramolecular Hbond substituents is 2. The second kappa shape index (κ2) is 4.40. The summed E-state index contributed by atoms with van der Waals surface area (Å²) in [7, 11) is 0. The Bertz CT molecular complexity index is 402. The Morgan fingerprint density at radius 3 is 2.50 bits per heavy atom. The van der Waals surface area contributed by atoms with Crippen LogP contribution in [0.1, 0.15) is 24.2 Å². The molecule has 0 fully saturated rings. The lowest BCUT2D eigenvalue weighted by molar-refractivity contribution is 0.0915. The molecule has 88 valence electrons. The van der Waals surface area contributed by atoms with E-state index in [1.165, 1.54) is 18.2 Å². The highest BCUT2D eigenvalue weighted by molar-refractivity contribution is 5.95. The van der Waals surface area contributed by atoms with E-state index in [2.05, 4.69) is 5.32 Å². The first kappa shape index (κ1) is 12.3. The average Bonchev–Trinajstić information content (AvgIpc) is 2.21. The normalized spacial score (nSPS) is 11.2. The van der Waals surface area contributed by atoms with Crippen LogP contribution in [0.25, 0.3) is 0 Å². The van der Waals surface area contributed by atoms with Gasteiger partial charge in [0, 0.05) is 17.6 Å². The fourth-order valence-corrected chi connectivity index (χ4v) is 1.10. The molecule has 16 heavy (non-hydrogen) atoms. The minimum absolute atomic E-state index is 0.255. The Hall–Kier alpha value is -1.75. The highest BCUT2D eigenvalue weighted by Gasteiger charge is 2.19. The predicted molar refractivity (Wildman–Crippen MR) is 60.4 cm³/mol. The van der Waals surface area contributed by atoms with Crippen LogP contribution < -0.4 is 11.1 Å². The molecule has 0 aromatic heterocycles. The molecule has 0 atom stereocenters. The Labute approximate surface area is 93.9 Å². The lowest BCUT2D eigenvalue weighted by Crippen LogP contribution is -2.48. The molecule has 0 saturated carbocycles. The standard InChI is InChI=1S/C11H16N2O3/c1-11(2,6-12)13-10(16)7-3-4-8(14)9(15)5-7/h3-5,14-15H,6,12H2,1-2H3,(H,13,16). The Balaban J connectivity index is 2.85. The van der Waals surface area contributed by atoms with Gasteiger partial charge in [-0.2, -0.15) is 0 Å². The molecule has 1 aromatic carbocycles. The van der Waals surface area contributed by atoms with E-state index in [9.17, 15) is 9.90 Å². The number of amides is 1. The number of nitrogens with two attached hydrogens (primary N) is 1. The van der Waals surface area contributed by atoms with E-state index >= 15 is 0 Å². The highest BCUT2D eigenvalue weighted by Crippen LogP contribution is 2.24. The fourth-order valence-electron chi connectivity index (χ4n) is 1.10. The van der Waals surface area contributed by atoms with Crippen molar-refractivity contribution in [1.29, 1.82) is 0 Å². The topological polar surface area (TPSA) is 95.6 Å². The molecule has 1 aromatic rings. The summed E-state index contributed by atoms with van der Waals surface area (Å²) in [4.78, 5) is 11.7. The predicted octanol–water partition coefficient (Wildman–Crippen LogP) is 0.565. The largest absolute Gasteiger partial charge is 0.504 e. The van der Waals surface area contributed by atoms with E-state index in [0.717, 1.165) is 0 Å². The number of carbonyl (C=O) groups excluding carboxylic acids is 1. The summed E-state index contributed by atoms with van der Waals surface area (Å²) in [6.07, 6.45) is 0. The maximum absolute atomic E-state index is 11.7. The summed E-state index contributed by atoms with van der Waals surface area (Å²) in [6.45, 7) is 3.90. The quantitative estimate of drug-likeness (QED) is 0.564. The van der Waals surface area contributed by atoms with Gasteiger partial charge in [0.25, 0.3) is 5.91 Å². The third-order valence-electron chi connectivity index (χ3n) is 2.20. The summed E-state index contributed by atoms with van der Waals surface area (Å²) in [5, 5.41) is 21.1. The molecular formula is C11H16N2O3. The van der Waals surface area contributed by atoms with E-state index in [1.54, 1.807) is 13.8 Å². The maximum Gasteiger partial charge on any atom is 0.251 e. The summed E-state index contributed by atoms with van der Waals surface area (Å²) in [6, 6.07) is 3.90. The average molecular weight is 224 g/mol. The summed E-state index contributed by atoms with van der Waals surface area (Å²) in [5.41, 5.74) is 5.25. The van der Waals surface area contributed by atoms with Crippen molar-refractivity contribution < 1.29 is 15.0 Å². The zero-order valence-electron chi connectivity index (χ0n) is 9.32. The van der Waals surface area contributed by atoms with Crippen LogP contribution in [-0.2, 0) is 0 Å². The van der Waals surface area contributed by atoms with Crippen molar-refractivity contribution in [2.45, 2.75) is 19.4 Å². The molecule has 1 rings (SSSR count). The number of benzene rings is 1. The Morgan fingerprint density at radius 1 is 1.38 bits per heavy atom. The second-order valence-electron chi connectivity index (χ2n) is 4.25. The molecule has 0 aliphatic heterocycles. The zero-order valence-corrected chi connectivity index (χ0v) is 9.32. The van der Waals surface area contributed by atoms with Gasteiger partial charge in [0.05, 0.1) is 0 Å². The van der Waals surface area contributed by atoms with Crippen molar-refractivity contribution >= 4 is 5.91 Å². The minimum Gasteiger partial charge on any atom is -0.504 e. The SMILES string of the molecule is CC(C)(CN)NC(=O)c1ccc(O)c(O)c1. The van der Waals surface area contributed by atoms with Crippen LogP contribution >= 0.6 is 0 Å². The zero-order chi connectivity index (χ0) is 12.3. The molecule has 5 heteroatoms. The van der Waals surface area contributed by atoms with Crippen LogP contribution in [0.5, 0.6) is 11.5 Å². The van der Waals surface area contributed by atoms with Gasteiger partial charge in [-0.1, -0.05) is 0 Å². The molecule has 0 aliphatic rings. The van der Waals surface area contributed by atoms with Crippen LogP contribution in [0.15, 0.2) is 18.2 Å². The second-order valence-corrected chi connectivity index (χ2v) is 4.25. The van der Waals surface area contributed by atoms with Crippen LogP contribution in [0.2, 0.25) is 0 Å². The first-order chi connectivity index (χ1) is 7.35. The molecule has 0 heterocycles. The van der Waals surface area contributed by atoms with E-state index in [1.807, 2.05) is 0 Å². The van der Waals surface area contributed by atoms with Gasteiger partial charge in [-0.3, -0.25) is 4.79 Å². The molecule has 5 nitrogen and oxygen atoms in total. The van der Waals surface area contributed by atoms with E-state index in [-0.39, 0.29) is 23.0 Å². The van der Waals surface area contributed by atoms with Gasteiger partial charge < -0.3 is 21.3 Å². The van der Waals surface area contributed by atoms with Crippen LogP contribution in [0.4, 0.5) is 0 Å². The number of carbonyl (C=O) groups is 1. The molecule has 0 aliphatic carbocycles. The molecule has 1 amide bonds. The Kier molecular flexibility index (Phi) is 3.39. The number of nitrogens with one attached hydrogen (secondary N) is 1. The van der Waals surface area contributed by atoms with Crippen molar-refractivity contribution in [3.63, 3.8) is 0 Å². The van der Waals surface area contributed by atoms with Crippen molar-refractivity contribution in [1.82, 2.24) is 5.32 Å². The lowest BCUT2D eigenvalue weighted by atomic mass is 10.1. The summed E-state index contributed by atoms with van der Waals surface area (Å²) >= 11 is 0. The molecule has 0 radical (unpaired) electrons. The van der Waals surface area contributed by atoms with Crippen molar-refractivity contribution in [2.75, 3.05) is 6.54 Å². The summed E-state index contributed by atoms with van der Waals surface area (Å²) in [5.74, 6) is -0.918. The molecule has 0 bridgehead atoms. The monoisotopic (exact) mass is 224 g/mol. The van der Waals surface area contributed by atoms with Crippen molar-refractivity contribution in [3.8, 4) is 11.5 Å². The number of rotatable bonds is 3. The van der Waals surface area contributed by atoms with Gasteiger partial charge >= 0.3 is 0 Å². The Morgan fingerprint density at radius 2 is 2.00 bits per heavy atom. The van der Waals surface area contributed by atoms with E-state index < -0.39 is 5.54 Å². The smallest absolute Gasteiger partial charge is 0.251 e. The number of aromatic hydroxyl groups is 2. The number of hydrogen-bond acceptors (Lipinski definition) is 4. The first-order valence-corrected chi connectivity index (χ1v) is 4.90. The van der Waals surface area contributed by atoms with Gasteiger partial charge in [-0.25, -0.2) is 0 Å². The molecule has 5 N–H and O–H groups in total. The molecular weight excluding hydrogens is 208 g/mol. The third-order valence-corrected chi connectivity index (χ3v) is 2.20. The first-order valence-electron chi connectivity index (χ1n) is 4.90. The number of hydrogen-bond donors (Lipinski definition) is 4. The minimum atomic E-state index is -0.509. The van der Waals surface area contributed by atoms with Crippen molar-refractivity contribution in [3.05, 3.63) is 23.8 Å². The molecule has 0 spiro atoms. The van der Waals surface area contributed by atoms with Crippen LogP contribution in [-0.4, -0.2) is 28.2 Å². The van der Waals surface area contributed by atoms with Crippen LogP contribution in [0, 0.1) is 0 Å².